The van der Waals surface area contributed by atoms with Crippen LogP contribution >= 0.6 is 22.9 Å². The summed E-state index contributed by atoms with van der Waals surface area (Å²) in [6.07, 6.45) is 0.843. The molecule has 2 fully saturated rings. The zero-order valence-corrected chi connectivity index (χ0v) is 24.6. The van der Waals surface area contributed by atoms with Gasteiger partial charge in [0, 0.05) is 92.5 Å². The minimum absolute atomic E-state index is 0.0237. The summed E-state index contributed by atoms with van der Waals surface area (Å²) in [6.45, 7) is 4.57. The summed E-state index contributed by atoms with van der Waals surface area (Å²) in [7, 11) is -1.86. The summed E-state index contributed by atoms with van der Waals surface area (Å²) in [5.41, 5.74) is 1.63. The SMILES string of the molecule is CN1CCc2nc(C(=O)N3CCN(S(=O)(=O)c4cc5cc(Cl)ccc5[nH]4)CC3CC(=O)N3CCNCC3)sc2C1. The number of rotatable bonds is 5. The zero-order chi connectivity index (χ0) is 28.0. The first-order valence-electron chi connectivity index (χ1n) is 13.4. The second-order valence-corrected chi connectivity index (χ2v) is 14.0. The Balaban J connectivity index is 1.27. The predicted molar refractivity (Wildman–Crippen MR) is 153 cm³/mol. The number of thiazole rings is 1. The van der Waals surface area contributed by atoms with E-state index in [0.717, 1.165) is 30.1 Å². The molecule has 0 bridgehead atoms. The fourth-order valence-corrected chi connectivity index (χ4v) is 8.43. The number of aromatic amines is 1. The van der Waals surface area contributed by atoms with Crippen molar-refractivity contribution in [2.45, 2.75) is 30.5 Å². The molecule has 2 N–H and O–H groups in total. The number of carbonyl (C=O) groups is 2. The lowest BCUT2D eigenvalue weighted by molar-refractivity contribution is -0.133. The second kappa shape index (κ2) is 11.0. The van der Waals surface area contributed by atoms with E-state index in [9.17, 15) is 18.0 Å². The molecule has 0 aliphatic carbocycles. The first-order valence-corrected chi connectivity index (χ1v) is 16.1. The molecule has 2 amide bonds. The first-order chi connectivity index (χ1) is 19.2. The highest BCUT2D eigenvalue weighted by Crippen LogP contribution is 2.29. The van der Waals surface area contributed by atoms with Gasteiger partial charge in [-0.25, -0.2) is 13.4 Å². The van der Waals surface area contributed by atoms with Crippen LogP contribution in [-0.4, -0.2) is 115 Å². The Hall–Kier alpha value is -2.55. The van der Waals surface area contributed by atoms with Crippen LogP contribution < -0.4 is 5.32 Å². The number of piperazine rings is 2. The van der Waals surface area contributed by atoms with Gasteiger partial charge in [-0.1, -0.05) is 11.6 Å². The molecule has 3 aromatic rings. The molecule has 0 radical (unpaired) electrons. The number of likely N-dealkylation sites (N-methyl/N-ethyl adjacent to an activating group) is 1. The highest BCUT2D eigenvalue weighted by atomic mass is 35.5. The van der Waals surface area contributed by atoms with Crippen molar-refractivity contribution < 1.29 is 18.0 Å². The van der Waals surface area contributed by atoms with Crippen LogP contribution in [0.4, 0.5) is 0 Å². The number of carbonyl (C=O) groups excluding carboxylic acids is 2. The van der Waals surface area contributed by atoms with E-state index in [1.807, 2.05) is 7.05 Å². The van der Waals surface area contributed by atoms with Gasteiger partial charge in [-0.15, -0.1) is 11.3 Å². The number of fused-ring (bicyclic) bond motifs is 2. The zero-order valence-electron chi connectivity index (χ0n) is 22.2. The normalized spacial score (nSPS) is 21.1. The van der Waals surface area contributed by atoms with E-state index in [-0.39, 0.29) is 42.9 Å². The lowest BCUT2D eigenvalue weighted by Gasteiger charge is -2.41. The molecular weight excluding hydrogens is 574 g/mol. The lowest BCUT2D eigenvalue weighted by Crippen LogP contribution is -2.58. The number of nitrogens with zero attached hydrogens (tertiary/aromatic N) is 5. The molecule has 11 nitrogen and oxygen atoms in total. The summed E-state index contributed by atoms with van der Waals surface area (Å²) in [5, 5.41) is 4.93. The number of amides is 2. The Morgan fingerprint density at radius 2 is 1.93 bits per heavy atom. The average molecular weight is 606 g/mol. The molecule has 1 unspecified atom stereocenters. The average Bonchev–Trinajstić information content (AvgIpc) is 3.57. The number of hydrogen-bond donors (Lipinski definition) is 2. The van der Waals surface area contributed by atoms with Crippen molar-refractivity contribution in [1.82, 2.24) is 34.3 Å². The molecular formula is C26H32ClN7O4S2. The first kappa shape index (κ1) is 27.6. The van der Waals surface area contributed by atoms with Gasteiger partial charge in [0.25, 0.3) is 15.9 Å². The molecule has 3 aliphatic rings. The molecule has 5 heterocycles. The molecule has 6 rings (SSSR count). The lowest BCUT2D eigenvalue weighted by atomic mass is 10.1. The van der Waals surface area contributed by atoms with Gasteiger partial charge in [0.2, 0.25) is 5.91 Å². The molecule has 0 saturated carbocycles. The van der Waals surface area contributed by atoms with Crippen LogP contribution in [0.1, 0.15) is 26.8 Å². The van der Waals surface area contributed by atoms with Crippen molar-refractivity contribution in [3.05, 3.63) is 44.9 Å². The van der Waals surface area contributed by atoms with Gasteiger partial charge in [0.1, 0.15) is 5.03 Å². The van der Waals surface area contributed by atoms with Gasteiger partial charge in [-0.05, 0) is 31.3 Å². The molecule has 1 atom stereocenters. The van der Waals surface area contributed by atoms with Crippen molar-refractivity contribution in [3.63, 3.8) is 0 Å². The highest BCUT2D eigenvalue weighted by molar-refractivity contribution is 7.89. The molecule has 3 aliphatic heterocycles. The minimum atomic E-state index is -3.91. The smallest absolute Gasteiger partial charge is 0.283 e. The summed E-state index contributed by atoms with van der Waals surface area (Å²) in [6, 6.07) is 6.12. The van der Waals surface area contributed by atoms with E-state index in [4.69, 9.17) is 11.6 Å². The van der Waals surface area contributed by atoms with Gasteiger partial charge in [0.05, 0.1) is 11.7 Å². The third-order valence-corrected chi connectivity index (χ3v) is 11.0. The molecule has 0 spiro atoms. The van der Waals surface area contributed by atoms with Crippen LogP contribution in [0.25, 0.3) is 10.9 Å². The van der Waals surface area contributed by atoms with Crippen molar-refractivity contribution in [1.29, 1.82) is 0 Å². The fraction of sp³-hybridized carbons (Fsp3) is 0.500. The van der Waals surface area contributed by atoms with E-state index in [0.29, 0.717) is 47.1 Å². The van der Waals surface area contributed by atoms with E-state index >= 15 is 0 Å². The second-order valence-electron chi connectivity index (χ2n) is 10.6. The third kappa shape index (κ3) is 5.38. The Bertz CT molecular complexity index is 1550. The van der Waals surface area contributed by atoms with Gasteiger partial charge < -0.3 is 25.0 Å². The van der Waals surface area contributed by atoms with Gasteiger partial charge in [-0.3, -0.25) is 9.59 Å². The van der Waals surface area contributed by atoms with Crippen molar-refractivity contribution in [2.24, 2.45) is 0 Å². The molecule has 2 saturated heterocycles. The summed E-state index contributed by atoms with van der Waals surface area (Å²) in [4.78, 5) is 41.5. The van der Waals surface area contributed by atoms with Crippen LogP contribution in [0, 0.1) is 0 Å². The van der Waals surface area contributed by atoms with E-state index in [1.54, 1.807) is 34.1 Å². The summed E-state index contributed by atoms with van der Waals surface area (Å²) < 4.78 is 28.8. The topological polar surface area (TPSA) is 122 Å². The number of aromatic nitrogens is 2. The van der Waals surface area contributed by atoms with Crippen LogP contribution in [0.2, 0.25) is 5.02 Å². The number of sulfonamides is 1. The van der Waals surface area contributed by atoms with Crippen molar-refractivity contribution in [2.75, 3.05) is 59.4 Å². The monoisotopic (exact) mass is 605 g/mol. The van der Waals surface area contributed by atoms with Gasteiger partial charge >= 0.3 is 0 Å². The standard InChI is InChI=1S/C26H32ClN7O4S2/c1-31-7-4-21-22(16-31)39-25(30-21)26(36)34-11-10-33(15-19(34)14-24(35)32-8-5-28-6-9-32)40(37,38)23-13-17-12-18(27)2-3-20(17)29-23/h2-3,12-13,19,28-29H,4-11,14-16H2,1H3. The molecule has 1 aromatic carbocycles. The molecule has 14 heteroatoms. The van der Waals surface area contributed by atoms with Crippen LogP contribution in [0.15, 0.2) is 29.3 Å². The van der Waals surface area contributed by atoms with Gasteiger partial charge in [-0.2, -0.15) is 4.31 Å². The van der Waals surface area contributed by atoms with Gasteiger partial charge in [0.15, 0.2) is 5.01 Å². The molecule has 214 valence electrons. The largest absolute Gasteiger partial charge is 0.345 e. The summed E-state index contributed by atoms with van der Waals surface area (Å²) in [5.74, 6) is -0.318. The van der Waals surface area contributed by atoms with Crippen molar-refractivity contribution in [3.8, 4) is 0 Å². The van der Waals surface area contributed by atoms with Crippen LogP contribution in [0.5, 0.6) is 0 Å². The quantitative estimate of drug-likeness (QED) is 0.453. The number of halogens is 1. The fourth-order valence-electron chi connectivity index (χ4n) is 5.62. The Morgan fingerprint density at radius 3 is 2.73 bits per heavy atom. The van der Waals surface area contributed by atoms with Crippen LogP contribution in [0.3, 0.4) is 0 Å². The van der Waals surface area contributed by atoms with E-state index < -0.39 is 16.1 Å². The van der Waals surface area contributed by atoms with Crippen LogP contribution in [-0.2, 0) is 27.8 Å². The number of H-pyrrole nitrogens is 1. The maximum Gasteiger partial charge on any atom is 0.283 e. The summed E-state index contributed by atoms with van der Waals surface area (Å²) >= 11 is 7.50. The maximum atomic E-state index is 13.8. The van der Waals surface area contributed by atoms with E-state index in [1.165, 1.54) is 15.6 Å². The van der Waals surface area contributed by atoms with Crippen molar-refractivity contribution >= 4 is 55.7 Å². The Kier molecular flexibility index (Phi) is 7.61. The number of nitrogens with one attached hydrogen (secondary N) is 2. The highest BCUT2D eigenvalue weighted by Gasteiger charge is 2.40. The predicted octanol–water partition coefficient (Wildman–Crippen LogP) is 1.60. The molecule has 2 aromatic heterocycles. The Labute approximate surface area is 242 Å². The Morgan fingerprint density at radius 1 is 1.12 bits per heavy atom. The minimum Gasteiger partial charge on any atom is -0.345 e. The number of benzene rings is 1. The van der Waals surface area contributed by atoms with E-state index in [2.05, 4.69) is 20.2 Å². The maximum absolute atomic E-state index is 13.8. The molecule has 40 heavy (non-hydrogen) atoms. The number of hydrogen-bond acceptors (Lipinski definition) is 8. The third-order valence-electron chi connectivity index (χ3n) is 7.87.